The van der Waals surface area contributed by atoms with Gasteiger partial charge < -0.3 is 5.32 Å². The first-order valence-corrected chi connectivity index (χ1v) is 7.25. The number of amides is 1. The van der Waals surface area contributed by atoms with E-state index in [-0.39, 0.29) is 5.91 Å². The average molecular weight is 263 g/mol. The molecule has 1 N–H and O–H groups in total. The lowest BCUT2D eigenvalue weighted by atomic mass is 10.3. The van der Waals surface area contributed by atoms with Crippen LogP contribution in [0.3, 0.4) is 0 Å². The largest absolute Gasteiger partial charge is 0.321 e. The molecule has 1 aromatic carbocycles. The van der Waals surface area contributed by atoms with Gasteiger partial charge in [0.2, 0.25) is 0 Å². The number of hydrogen-bond donors (Lipinski definition) is 1. The fraction of sp³-hybridized carbons (Fsp3) is 0.154. The second-order valence-corrected chi connectivity index (χ2v) is 5.76. The molecule has 0 radical (unpaired) electrons. The second kappa shape index (κ2) is 5.38. The van der Waals surface area contributed by atoms with Crippen molar-refractivity contribution in [2.45, 2.75) is 11.8 Å². The van der Waals surface area contributed by atoms with Crippen LogP contribution in [0.5, 0.6) is 0 Å². The first kappa shape index (κ1) is 12.2. The highest BCUT2D eigenvalue weighted by Gasteiger charge is 2.07. The number of rotatable bonds is 3. The van der Waals surface area contributed by atoms with E-state index in [1.165, 1.54) is 16.2 Å². The van der Waals surface area contributed by atoms with E-state index in [1.807, 2.05) is 49.6 Å². The minimum Gasteiger partial charge on any atom is -0.321 e. The molecule has 0 unspecified atom stereocenters. The predicted octanol–water partition coefficient (Wildman–Crippen LogP) is 4.03. The Morgan fingerprint density at radius 1 is 1.18 bits per heavy atom. The van der Waals surface area contributed by atoms with Crippen LogP contribution in [0.25, 0.3) is 0 Å². The zero-order chi connectivity index (χ0) is 12.3. The fourth-order valence-corrected chi connectivity index (χ4v) is 2.59. The summed E-state index contributed by atoms with van der Waals surface area (Å²) in [6.45, 7) is 1.99. The molecule has 0 aliphatic carbocycles. The topological polar surface area (TPSA) is 29.1 Å². The summed E-state index contributed by atoms with van der Waals surface area (Å²) < 4.78 is 0. The van der Waals surface area contributed by atoms with Crippen LogP contribution < -0.4 is 5.32 Å². The van der Waals surface area contributed by atoms with Crippen molar-refractivity contribution in [1.82, 2.24) is 0 Å². The van der Waals surface area contributed by atoms with Crippen molar-refractivity contribution < 1.29 is 4.79 Å². The summed E-state index contributed by atoms with van der Waals surface area (Å²) in [6, 6.07) is 11.6. The Morgan fingerprint density at radius 2 is 1.88 bits per heavy atom. The third-order valence-corrected chi connectivity index (χ3v) is 4.06. The van der Waals surface area contributed by atoms with E-state index in [9.17, 15) is 4.79 Å². The normalized spacial score (nSPS) is 10.2. The fourth-order valence-electron chi connectivity index (χ4n) is 1.42. The molecular formula is C13H13NOS2. The number of nitrogens with one attached hydrogen (secondary N) is 1. The van der Waals surface area contributed by atoms with Gasteiger partial charge in [0, 0.05) is 15.5 Å². The Hall–Kier alpha value is -1.26. The van der Waals surface area contributed by atoms with Crippen molar-refractivity contribution >= 4 is 34.7 Å². The van der Waals surface area contributed by atoms with Gasteiger partial charge in [0.1, 0.15) is 0 Å². The van der Waals surface area contributed by atoms with Crippen LogP contribution in [0.15, 0.2) is 41.3 Å². The molecule has 1 amide bonds. The summed E-state index contributed by atoms with van der Waals surface area (Å²) in [5.74, 6) is -0.0417. The van der Waals surface area contributed by atoms with Gasteiger partial charge in [-0.25, -0.2) is 0 Å². The Bertz CT molecular complexity index is 516. The molecule has 2 aromatic rings. The van der Waals surface area contributed by atoms with Crippen LogP contribution in [0, 0.1) is 6.92 Å². The summed E-state index contributed by atoms with van der Waals surface area (Å²) in [5.41, 5.74) is 0.832. The first-order chi connectivity index (χ1) is 8.19. The highest BCUT2D eigenvalue weighted by molar-refractivity contribution is 7.98. The smallest absolute Gasteiger partial charge is 0.265 e. The second-order valence-electron chi connectivity index (χ2n) is 3.59. The van der Waals surface area contributed by atoms with E-state index in [4.69, 9.17) is 0 Å². The Balaban J connectivity index is 2.07. The van der Waals surface area contributed by atoms with Gasteiger partial charge in [-0.05, 0) is 49.6 Å². The maximum atomic E-state index is 11.9. The number of aryl methyl sites for hydroxylation is 1. The van der Waals surface area contributed by atoms with Crippen molar-refractivity contribution in [3.05, 3.63) is 46.2 Å². The zero-order valence-corrected chi connectivity index (χ0v) is 11.3. The molecule has 0 bridgehead atoms. The van der Waals surface area contributed by atoms with Crippen LogP contribution in [0.2, 0.25) is 0 Å². The molecule has 1 heterocycles. The number of anilines is 1. The van der Waals surface area contributed by atoms with Gasteiger partial charge in [-0.1, -0.05) is 0 Å². The average Bonchev–Trinajstić information content (AvgIpc) is 2.77. The summed E-state index contributed by atoms with van der Waals surface area (Å²) in [6.07, 6.45) is 2.03. The van der Waals surface area contributed by atoms with Gasteiger partial charge in [-0.15, -0.1) is 23.1 Å². The Kier molecular flexibility index (Phi) is 3.86. The Labute approximate surface area is 109 Å². The highest BCUT2D eigenvalue weighted by atomic mass is 32.2. The van der Waals surface area contributed by atoms with Gasteiger partial charge in [0.05, 0.1) is 4.88 Å². The lowest BCUT2D eigenvalue weighted by Gasteiger charge is -2.04. The van der Waals surface area contributed by atoms with Gasteiger partial charge in [0.25, 0.3) is 5.91 Å². The van der Waals surface area contributed by atoms with Crippen molar-refractivity contribution in [1.29, 1.82) is 0 Å². The quantitative estimate of drug-likeness (QED) is 0.847. The minimum atomic E-state index is -0.0417. The van der Waals surface area contributed by atoms with Crippen molar-refractivity contribution in [2.24, 2.45) is 0 Å². The third-order valence-electron chi connectivity index (χ3n) is 2.31. The van der Waals surface area contributed by atoms with Crippen LogP contribution in [-0.4, -0.2) is 12.2 Å². The minimum absolute atomic E-state index is 0.0417. The van der Waals surface area contributed by atoms with Gasteiger partial charge >= 0.3 is 0 Å². The van der Waals surface area contributed by atoms with Gasteiger partial charge in [-0.2, -0.15) is 0 Å². The van der Waals surface area contributed by atoms with E-state index < -0.39 is 0 Å². The molecule has 17 heavy (non-hydrogen) atoms. The first-order valence-electron chi connectivity index (χ1n) is 5.21. The maximum absolute atomic E-state index is 11.9. The molecule has 0 aliphatic heterocycles. The molecule has 0 spiro atoms. The summed E-state index contributed by atoms with van der Waals surface area (Å²) in [5, 5.41) is 2.89. The lowest BCUT2D eigenvalue weighted by Crippen LogP contribution is -2.09. The molecule has 0 saturated carbocycles. The van der Waals surface area contributed by atoms with Crippen molar-refractivity contribution in [3.8, 4) is 0 Å². The molecule has 0 atom stereocenters. The highest BCUT2D eigenvalue weighted by Crippen LogP contribution is 2.20. The van der Waals surface area contributed by atoms with Crippen LogP contribution in [0.1, 0.15) is 14.5 Å². The molecule has 1 aromatic heterocycles. The van der Waals surface area contributed by atoms with Crippen LogP contribution in [-0.2, 0) is 0 Å². The standard InChI is InChI=1S/C13H13NOS2/c1-9-3-8-12(17-9)13(15)14-10-4-6-11(16-2)7-5-10/h3-8H,1-2H3,(H,14,15). The number of hydrogen-bond acceptors (Lipinski definition) is 3. The van der Waals surface area contributed by atoms with Crippen molar-refractivity contribution in [3.63, 3.8) is 0 Å². The molecule has 88 valence electrons. The number of carbonyl (C=O) groups is 1. The number of thiophene rings is 1. The van der Waals surface area contributed by atoms with Crippen molar-refractivity contribution in [2.75, 3.05) is 11.6 Å². The summed E-state index contributed by atoms with van der Waals surface area (Å²) >= 11 is 3.19. The van der Waals surface area contributed by atoms with E-state index >= 15 is 0 Å². The summed E-state index contributed by atoms with van der Waals surface area (Å²) in [4.78, 5) is 15.0. The predicted molar refractivity (Wildman–Crippen MR) is 75.2 cm³/mol. The third kappa shape index (κ3) is 3.11. The molecular weight excluding hydrogens is 250 g/mol. The van der Waals surface area contributed by atoms with Gasteiger partial charge in [-0.3, -0.25) is 4.79 Å². The molecule has 2 rings (SSSR count). The molecule has 0 aliphatic rings. The molecule has 0 saturated heterocycles. The maximum Gasteiger partial charge on any atom is 0.265 e. The molecule has 2 nitrogen and oxygen atoms in total. The van der Waals surface area contributed by atoms with Gasteiger partial charge in [0.15, 0.2) is 0 Å². The lowest BCUT2D eigenvalue weighted by molar-refractivity contribution is 0.103. The van der Waals surface area contributed by atoms with Crippen LogP contribution >= 0.6 is 23.1 Å². The molecule has 4 heteroatoms. The number of benzene rings is 1. The van der Waals surface area contributed by atoms with E-state index in [1.54, 1.807) is 11.8 Å². The Morgan fingerprint density at radius 3 is 2.41 bits per heavy atom. The van der Waals surface area contributed by atoms with E-state index in [2.05, 4.69) is 5.32 Å². The molecule has 0 fully saturated rings. The number of carbonyl (C=O) groups excluding carboxylic acids is 1. The number of thioether (sulfide) groups is 1. The summed E-state index contributed by atoms with van der Waals surface area (Å²) in [7, 11) is 0. The SMILES string of the molecule is CSc1ccc(NC(=O)c2ccc(C)s2)cc1. The van der Waals surface area contributed by atoms with E-state index in [0.29, 0.717) is 0 Å². The van der Waals surface area contributed by atoms with Crippen LogP contribution in [0.4, 0.5) is 5.69 Å². The zero-order valence-electron chi connectivity index (χ0n) is 9.69. The van der Waals surface area contributed by atoms with E-state index in [0.717, 1.165) is 15.4 Å². The monoisotopic (exact) mass is 263 g/mol.